The molecule has 0 amide bonds. The molecule has 0 spiro atoms. The summed E-state index contributed by atoms with van der Waals surface area (Å²) in [6, 6.07) is 10.9. The van der Waals surface area contributed by atoms with Crippen LogP contribution in [0.2, 0.25) is 0 Å². The van der Waals surface area contributed by atoms with Crippen molar-refractivity contribution in [3.8, 4) is 5.88 Å². The average Bonchev–Trinajstić information content (AvgIpc) is 3.62. The second-order valence-corrected chi connectivity index (χ2v) is 7.83. The number of aliphatic imine (C=N–C) groups is 1. The van der Waals surface area contributed by atoms with E-state index >= 15 is 0 Å². The summed E-state index contributed by atoms with van der Waals surface area (Å²) >= 11 is 0. The molecule has 2 N–H and O–H groups in total. The van der Waals surface area contributed by atoms with Gasteiger partial charge in [-0.2, -0.15) is 0 Å². The lowest BCUT2D eigenvalue weighted by atomic mass is 9.96. The maximum atomic E-state index is 13.6. The highest BCUT2D eigenvalue weighted by atomic mass is 127. The highest BCUT2D eigenvalue weighted by molar-refractivity contribution is 14.0. The fourth-order valence-corrected chi connectivity index (χ4v) is 3.32. The molecule has 1 aromatic carbocycles. The number of hydrogen-bond donors (Lipinski definition) is 2. The summed E-state index contributed by atoms with van der Waals surface area (Å²) in [6.07, 6.45) is 6.43. The predicted octanol–water partition coefficient (Wildman–Crippen LogP) is 4.02. The van der Waals surface area contributed by atoms with Crippen LogP contribution in [0.3, 0.4) is 0 Å². The van der Waals surface area contributed by atoms with Gasteiger partial charge in [0.2, 0.25) is 5.88 Å². The van der Waals surface area contributed by atoms with E-state index in [1.807, 2.05) is 18.2 Å². The summed E-state index contributed by atoms with van der Waals surface area (Å²) in [6.45, 7) is 2.13. The van der Waals surface area contributed by atoms with Crippen LogP contribution >= 0.6 is 24.0 Å². The number of benzene rings is 1. The molecule has 2 aromatic rings. The van der Waals surface area contributed by atoms with E-state index < -0.39 is 0 Å². The van der Waals surface area contributed by atoms with Crippen molar-refractivity contribution in [1.82, 2.24) is 15.6 Å². The van der Waals surface area contributed by atoms with E-state index in [-0.39, 0.29) is 35.2 Å². The van der Waals surface area contributed by atoms with E-state index in [1.54, 1.807) is 25.4 Å². The van der Waals surface area contributed by atoms with E-state index in [4.69, 9.17) is 4.74 Å². The summed E-state index contributed by atoms with van der Waals surface area (Å²) < 4.78 is 19.3. The lowest BCUT2D eigenvalue weighted by Crippen LogP contribution is -2.40. The summed E-state index contributed by atoms with van der Waals surface area (Å²) in [4.78, 5) is 8.59. The van der Waals surface area contributed by atoms with Gasteiger partial charge in [0.1, 0.15) is 5.82 Å². The third kappa shape index (κ3) is 6.04. The van der Waals surface area contributed by atoms with E-state index in [0.29, 0.717) is 18.3 Å². The van der Waals surface area contributed by atoms with Crippen LogP contribution in [-0.4, -0.2) is 31.1 Å². The van der Waals surface area contributed by atoms with Crippen molar-refractivity contribution in [1.29, 1.82) is 0 Å². The van der Waals surface area contributed by atoms with Gasteiger partial charge in [0, 0.05) is 37.8 Å². The fourth-order valence-electron chi connectivity index (χ4n) is 3.32. The summed E-state index contributed by atoms with van der Waals surface area (Å²) in [5.41, 5.74) is 2.16. The normalized spacial score (nSPS) is 17.2. The molecule has 1 aromatic heterocycles. The molecule has 4 rings (SSSR count). The maximum absolute atomic E-state index is 13.6. The molecule has 0 unspecified atom stereocenters. The number of halogens is 2. The smallest absolute Gasteiger partial charge is 0.213 e. The van der Waals surface area contributed by atoms with E-state index in [2.05, 4.69) is 20.6 Å². The number of rotatable bonds is 8. The second-order valence-electron chi connectivity index (χ2n) is 7.83. The first-order chi connectivity index (χ1) is 13.7. The Morgan fingerprint density at radius 2 is 2.07 bits per heavy atom. The molecular weight excluding hydrogens is 482 g/mol. The van der Waals surface area contributed by atoms with Crippen molar-refractivity contribution < 1.29 is 9.13 Å². The topological polar surface area (TPSA) is 58.5 Å². The number of hydrogen-bond acceptors (Lipinski definition) is 3. The Kier molecular flexibility index (Phi) is 7.32. The van der Waals surface area contributed by atoms with Crippen LogP contribution in [0.15, 0.2) is 47.6 Å². The SMILES string of the molecule is CN=C(NCc1ccnc(OCC2CC2)c1)NCC1(c2cccc(F)c2)CC1.I. The third-order valence-electron chi connectivity index (χ3n) is 5.53. The van der Waals surface area contributed by atoms with Gasteiger partial charge in [0.25, 0.3) is 0 Å². The van der Waals surface area contributed by atoms with Crippen molar-refractivity contribution in [2.45, 2.75) is 37.6 Å². The Labute approximate surface area is 188 Å². The minimum atomic E-state index is -0.177. The average molecular weight is 510 g/mol. The number of nitrogens with one attached hydrogen (secondary N) is 2. The summed E-state index contributed by atoms with van der Waals surface area (Å²) in [5, 5.41) is 6.73. The monoisotopic (exact) mass is 510 g/mol. The molecule has 2 aliphatic carbocycles. The van der Waals surface area contributed by atoms with Gasteiger partial charge in [0.05, 0.1) is 6.61 Å². The quantitative estimate of drug-likeness (QED) is 0.320. The Balaban J connectivity index is 0.00000240. The molecule has 2 saturated carbocycles. The highest BCUT2D eigenvalue weighted by Gasteiger charge is 2.44. The van der Waals surface area contributed by atoms with Gasteiger partial charge < -0.3 is 15.4 Å². The molecule has 2 fully saturated rings. The van der Waals surface area contributed by atoms with E-state index in [1.165, 1.54) is 18.9 Å². The van der Waals surface area contributed by atoms with Crippen molar-refractivity contribution in [2.24, 2.45) is 10.9 Å². The predicted molar refractivity (Wildman–Crippen MR) is 123 cm³/mol. The first kappa shape index (κ1) is 21.8. The molecule has 2 aliphatic rings. The van der Waals surface area contributed by atoms with Crippen molar-refractivity contribution in [3.05, 3.63) is 59.5 Å². The lowest BCUT2D eigenvalue weighted by Gasteiger charge is -2.19. The van der Waals surface area contributed by atoms with Gasteiger partial charge in [0.15, 0.2) is 5.96 Å². The molecule has 0 saturated heterocycles. The Hall–Kier alpha value is -1.90. The Morgan fingerprint density at radius 3 is 2.76 bits per heavy atom. The van der Waals surface area contributed by atoms with Gasteiger partial charge in [-0.3, -0.25) is 4.99 Å². The molecular formula is C22H28FIN4O. The molecule has 0 aliphatic heterocycles. The van der Waals surface area contributed by atoms with Crippen molar-refractivity contribution in [3.63, 3.8) is 0 Å². The minimum Gasteiger partial charge on any atom is -0.477 e. The minimum absolute atomic E-state index is 0. The zero-order valence-corrected chi connectivity index (χ0v) is 19.0. The number of nitrogens with zero attached hydrogens (tertiary/aromatic N) is 2. The zero-order chi connectivity index (χ0) is 19.4. The van der Waals surface area contributed by atoms with E-state index in [0.717, 1.165) is 43.1 Å². The van der Waals surface area contributed by atoms with Crippen LogP contribution in [0.4, 0.5) is 4.39 Å². The molecule has 0 atom stereocenters. The Bertz CT molecular complexity index is 852. The van der Waals surface area contributed by atoms with Crippen molar-refractivity contribution >= 4 is 29.9 Å². The fraction of sp³-hybridized carbons (Fsp3) is 0.455. The highest BCUT2D eigenvalue weighted by Crippen LogP contribution is 2.47. The van der Waals surface area contributed by atoms with Crippen LogP contribution < -0.4 is 15.4 Å². The second kappa shape index (κ2) is 9.73. The van der Waals surface area contributed by atoms with Gasteiger partial charge in [-0.05, 0) is 60.9 Å². The van der Waals surface area contributed by atoms with Crippen LogP contribution in [0.25, 0.3) is 0 Å². The Morgan fingerprint density at radius 1 is 1.24 bits per heavy atom. The summed E-state index contributed by atoms with van der Waals surface area (Å²) in [5.74, 6) is 1.94. The van der Waals surface area contributed by atoms with Crippen molar-refractivity contribution in [2.75, 3.05) is 20.2 Å². The van der Waals surface area contributed by atoms with Crippen LogP contribution in [0, 0.1) is 11.7 Å². The number of guanidine groups is 1. The largest absolute Gasteiger partial charge is 0.477 e. The number of pyridine rings is 1. The third-order valence-corrected chi connectivity index (χ3v) is 5.53. The van der Waals surface area contributed by atoms with Gasteiger partial charge in [-0.25, -0.2) is 9.37 Å². The number of ether oxygens (including phenoxy) is 1. The molecule has 0 bridgehead atoms. The van der Waals surface area contributed by atoms with Gasteiger partial charge in [-0.15, -0.1) is 24.0 Å². The maximum Gasteiger partial charge on any atom is 0.213 e. The number of aromatic nitrogens is 1. The zero-order valence-electron chi connectivity index (χ0n) is 16.7. The first-order valence-corrected chi connectivity index (χ1v) is 9.95. The standard InChI is InChI=1S/C22H27FN4O.HI/c1-24-21(27-15-22(8-9-22)18-3-2-4-19(23)12-18)26-13-17-7-10-25-20(11-17)28-14-16-5-6-16;/h2-4,7,10-12,16H,5-6,8-9,13-15H2,1H3,(H2,24,26,27);1H. The van der Waals surface area contributed by atoms with Crippen LogP contribution in [0.1, 0.15) is 36.8 Å². The molecule has 156 valence electrons. The lowest BCUT2D eigenvalue weighted by molar-refractivity contribution is 0.288. The van der Waals surface area contributed by atoms with E-state index in [9.17, 15) is 4.39 Å². The molecule has 7 heteroatoms. The van der Waals surface area contributed by atoms with Gasteiger partial charge >= 0.3 is 0 Å². The molecule has 29 heavy (non-hydrogen) atoms. The first-order valence-electron chi connectivity index (χ1n) is 9.95. The summed E-state index contributed by atoms with van der Waals surface area (Å²) in [7, 11) is 1.76. The molecule has 1 heterocycles. The molecule has 5 nitrogen and oxygen atoms in total. The van der Waals surface area contributed by atoms with Crippen LogP contribution in [-0.2, 0) is 12.0 Å². The van der Waals surface area contributed by atoms with Gasteiger partial charge in [-0.1, -0.05) is 12.1 Å². The molecule has 0 radical (unpaired) electrons. The van der Waals surface area contributed by atoms with Crippen LogP contribution in [0.5, 0.6) is 5.88 Å².